The molecular formula is C11H21NO3. The van der Waals surface area contributed by atoms with Gasteiger partial charge in [-0.15, -0.1) is 0 Å². The highest BCUT2D eigenvalue weighted by Crippen LogP contribution is 2.14. The molecule has 0 amide bonds. The minimum Gasteiger partial charge on any atom is -0.479 e. The summed E-state index contributed by atoms with van der Waals surface area (Å²) in [4.78, 5) is 10.8. The number of carboxylic acid groups (broad SMARTS) is 1. The summed E-state index contributed by atoms with van der Waals surface area (Å²) in [6, 6.07) is 0. The van der Waals surface area contributed by atoms with Crippen molar-refractivity contribution >= 4 is 5.97 Å². The first kappa shape index (κ1) is 12.5. The number of rotatable bonds is 6. The van der Waals surface area contributed by atoms with Crippen LogP contribution in [0.3, 0.4) is 0 Å². The summed E-state index contributed by atoms with van der Waals surface area (Å²) in [5, 5.41) is 12.2. The van der Waals surface area contributed by atoms with E-state index >= 15 is 0 Å². The van der Waals surface area contributed by atoms with Gasteiger partial charge in [-0.3, -0.25) is 0 Å². The van der Waals surface area contributed by atoms with E-state index < -0.39 is 12.1 Å². The highest BCUT2D eigenvalue weighted by Gasteiger charge is 2.20. The van der Waals surface area contributed by atoms with Crippen LogP contribution in [0.15, 0.2) is 0 Å². The molecule has 4 nitrogen and oxygen atoms in total. The van der Waals surface area contributed by atoms with Gasteiger partial charge in [-0.25, -0.2) is 4.79 Å². The lowest BCUT2D eigenvalue weighted by molar-refractivity contribution is -0.151. The Morgan fingerprint density at radius 1 is 1.53 bits per heavy atom. The van der Waals surface area contributed by atoms with Crippen LogP contribution in [0.25, 0.3) is 0 Å². The lowest BCUT2D eigenvalue weighted by atomic mass is 9.99. The second kappa shape index (κ2) is 6.80. The second-order valence-electron chi connectivity index (χ2n) is 4.14. The number of ether oxygens (including phenoxy) is 1. The normalized spacial score (nSPS) is 20.1. The van der Waals surface area contributed by atoms with E-state index in [1.807, 2.05) is 6.92 Å². The summed E-state index contributed by atoms with van der Waals surface area (Å²) >= 11 is 0. The number of carboxylic acids is 1. The van der Waals surface area contributed by atoms with Gasteiger partial charge in [-0.2, -0.15) is 0 Å². The number of carbonyl (C=O) groups is 1. The molecule has 0 aromatic heterocycles. The number of aliphatic carboxylic acids is 1. The summed E-state index contributed by atoms with van der Waals surface area (Å²) in [6.45, 7) is 4.63. The molecule has 0 spiro atoms. The summed E-state index contributed by atoms with van der Waals surface area (Å²) in [7, 11) is 0. The Kier molecular flexibility index (Phi) is 5.65. The molecule has 1 aliphatic heterocycles. The molecule has 1 heterocycles. The van der Waals surface area contributed by atoms with Crippen LogP contribution in [0.1, 0.15) is 32.6 Å². The molecule has 1 rings (SSSR count). The third-order valence-electron chi connectivity index (χ3n) is 2.82. The van der Waals surface area contributed by atoms with Gasteiger partial charge in [0.2, 0.25) is 0 Å². The zero-order valence-corrected chi connectivity index (χ0v) is 9.37. The average molecular weight is 215 g/mol. The van der Waals surface area contributed by atoms with Gasteiger partial charge in [0.15, 0.2) is 6.10 Å². The Hall–Kier alpha value is -0.610. The van der Waals surface area contributed by atoms with Crippen molar-refractivity contribution < 1.29 is 14.6 Å². The first-order valence-corrected chi connectivity index (χ1v) is 5.79. The molecule has 15 heavy (non-hydrogen) atoms. The maximum Gasteiger partial charge on any atom is 0.332 e. The van der Waals surface area contributed by atoms with Crippen LogP contribution >= 0.6 is 0 Å². The van der Waals surface area contributed by atoms with Gasteiger partial charge < -0.3 is 15.2 Å². The fourth-order valence-electron chi connectivity index (χ4n) is 1.84. The van der Waals surface area contributed by atoms with Gasteiger partial charge in [0.1, 0.15) is 0 Å². The number of nitrogens with one attached hydrogen (secondary N) is 1. The molecule has 88 valence electrons. The molecule has 0 aliphatic carbocycles. The topological polar surface area (TPSA) is 58.6 Å². The van der Waals surface area contributed by atoms with E-state index in [1.54, 1.807) is 0 Å². The predicted molar refractivity (Wildman–Crippen MR) is 57.9 cm³/mol. The Bertz CT molecular complexity index is 190. The number of piperidine rings is 1. The fraction of sp³-hybridized carbons (Fsp3) is 0.909. The molecule has 1 aliphatic rings. The molecule has 1 unspecified atom stereocenters. The van der Waals surface area contributed by atoms with Crippen molar-refractivity contribution in [2.45, 2.75) is 38.7 Å². The van der Waals surface area contributed by atoms with E-state index in [1.165, 1.54) is 0 Å². The summed E-state index contributed by atoms with van der Waals surface area (Å²) in [5.41, 5.74) is 0. The summed E-state index contributed by atoms with van der Waals surface area (Å²) in [5.74, 6) is -0.296. The average Bonchev–Trinajstić information content (AvgIpc) is 2.25. The smallest absolute Gasteiger partial charge is 0.332 e. The molecule has 1 atom stereocenters. The van der Waals surface area contributed by atoms with Crippen molar-refractivity contribution in [2.24, 2.45) is 5.92 Å². The second-order valence-corrected chi connectivity index (χ2v) is 4.14. The van der Waals surface area contributed by atoms with E-state index in [2.05, 4.69) is 5.32 Å². The van der Waals surface area contributed by atoms with Crippen molar-refractivity contribution in [3.05, 3.63) is 0 Å². The van der Waals surface area contributed by atoms with E-state index in [0.29, 0.717) is 18.9 Å². The van der Waals surface area contributed by atoms with Gasteiger partial charge in [0, 0.05) is 0 Å². The minimum atomic E-state index is -0.828. The highest BCUT2D eigenvalue weighted by atomic mass is 16.5. The van der Waals surface area contributed by atoms with Gasteiger partial charge in [-0.1, -0.05) is 13.3 Å². The van der Waals surface area contributed by atoms with Crippen molar-refractivity contribution in [3.8, 4) is 0 Å². The van der Waals surface area contributed by atoms with E-state index in [9.17, 15) is 4.79 Å². The van der Waals surface area contributed by atoms with Crippen molar-refractivity contribution in [1.29, 1.82) is 0 Å². The first-order chi connectivity index (χ1) is 7.24. The molecule has 0 aromatic carbocycles. The minimum absolute atomic E-state index is 0.532. The van der Waals surface area contributed by atoms with Crippen LogP contribution in [0.5, 0.6) is 0 Å². The van der Waals surface area contributed by atoms with Crippen molar-refractivity contribution in [3.63, 3.8) is 0 Å². The number of hydrogen-bond acceptors (Lipinski definition) is 3. The van der Waals surface area contributed by atoms with Crippen LogP contribution in [0, 0.1) is 5.92 Å². The largest absolute Gasteiger partial charge is 0.479 e. The van der Waals surface area contributed by atoms with Gasteiger partial charge >= 0.3 is 5.97 Å². The molecule has 0 bridgehead atoms. The van der Waals surface area contributed by atoms with Crippen LogP contribution in [0.4, 0.5) is 0 Å². The third-order valence-corrected chi connectivity index (χ3v) is 2.82. The van der Waals surface area contributed by atoms with Crippen molar-refractivity contribution in [2.75, 3.05) is 19.7 Å². The Morgan fingerprint density at radius 3 is 2.73 bits per heavy atom. The van der Waals surface area contributed by atoms with E-state index in [0.717, 1.165) is 32.4 Å². The Balaban J connectivity index is 2.22. The van der Waals surface area contributed by atoms with E-state index in [-0.39, 0.29) is 0 Å². The van der Waals surface area contributed by atoms with Crippen LogP contribution in [-0.2, 0) is 9.53 Å². The zero-order valence-electron chi connectivity index (χ0n) is 9.37. The van der Waals surface area contributed by atoms with Crippen molar-refractivity contribution in [1.82, 2.24) is 5.32 Å². The number of hydrogen-bond donors (Lipinski definition) is 2. The maximum absolute atomic E-state index is 10.8. The van der Waals surface area contributed by atoms with Gasteiger partial charge in [0.05, 0.1) is 6.61 Å². The zero-order chi connectivity index (χ0) is 11.1. The summed E-state index contributed by atoms with van der Waals surface area (Å²) in [6.07, 6.45) is 3.05. The SMILES string of the molecule is CCCC(OCC1CCNCC1)C(=O)O. The molecule has 1 saturated heterocycles. The fourth-order valence-corrected chi connectivity index (χ4v) is 1.84. The van der Waals surface area contributed by atoms with Crippen LogP contribution < -0.4 is 5.32 Å². The quantitative estimate of drug-likeness (QED) is 0.700. The summed E-state index contributed by atoms with van der Waals surface area (Å²) < 4.78 is 5.46. The standard InChI is InChI=1S/C11H21NO3/c1-2-3-10(11(13)14)15-8-9-4-6-12-7-5-9/h9-10,12H,2-8H2,1H3,(H,13,14). The molecule has 0 radical (unpaired) electrons. The van der Waals surface area contributed by atoms with E-state index in [4.69, 9.17) is 9.84 Å². The lowest BCUT2D eigenvalue weighted by Gasteiger charge is -2.24. The maximum atomic E-state index is 10.8. The molecule has 2 N–H and O–H groups in total. The Morgan fingerprint density at radius 2 is 2.20 bits per heavy atom. The third kappa shape index (κ3) is 4.62. The molecule has 1 fully saturated rings. The lowest BCUT2D eigenvalue weighted by Crippen LogP contribution is -2.32. The monoisotopic (exact) mass is 215 g/mol. The molecule has 4 heteroatoms. The van der Waals surface area contributed by atoms with Gasteiger partial charge in [0.25, 0.3) is 0 Å². The highest BCUT2D eigenvalue weighted by molar-refractivity contribution is 5.72. The first-order valence-electron chi connectivity index (χ1n) is 5.79. The van der Waals surface area contributed by atoms with Crippen LogP contribution in [-0.4, -0.2) is 36.9 Å². The Labute approximate surface area is 91.0 Å². The molecule has 0 aromatic rings. The van der Waals surface area contributed by atoms with Gasteiger partial charge in [-0.05, 0) is 38.3 Å². The predicted octanol–water partition coefficient (Wildman–Crippen LogP) is 1.26. The molecular weight excluding hydrogens is 194 g/mol. The van der Waals surface area contributed by atoms with Crippen LogP contribution in [0.2, 0.25) is 0 Å². The molecule has 0 saturated carbocycles.